The second kappa shape index (κ2) is 8.48. The van der Waals surface area contributed by atoms with Crippen LogP contribution in [0.2, 0.25) is 0 Å². The van der Waals surface area contributed by atoms with E-state index in [1.54, 1.807) is 6.20 Å². The van der Waals surface area contributed by atoms with Gasteiger partial charge in [0, 0.05) is 30.7 Å². The molecule has 1 amide bonds. The number of hydrogen-bond donors (Lipinski definition) is 1. The van der Waals surface area contributed by atoms with Crippen molar-refractivity contribution in [3.8, 4) is 0 Å². The standard InChI is InChI=1S/C17H21N3O.2ClH/c1-12-7-9-20(14(10-12)11-18)17(21)16-15-5-3-2-4-13(15)6-8-19-16;;/h2-6,8,12,14H,7,9-11,18H2,1H3;2*1H. The van der Waals surface area contributed by atoms with Gasteiger partial charge in [0.05, 0.1) is 0 Å². The van der Waals surface area contributed by atoms with Gasteiger partial charge in [0.2, 0.25) is 0 Å². The highest BCUT2D eigenvalue weighted by molar-refractivity contribution is 6.05. The third-order valence-electron chi connectivity index (χ3n) is 4.39. The van der Waals surface area contributed by atoms with E-state index >= 15 is 0 Å². The molecule has 2 N–H and O–H groups in total. The van der Waals surface area contributed by atoms with Crippen LogP contribution in [0.15, 0.2) is 36.5 Å². The third-order valence-corrected chi connectivity index (χ3v) is 4.39. The van der Waals surface area contributed by atoms with E-state index in [0.717, 1.165) is 30.2 Å². The predicted molar refractivity (Wildman–Crippen MR) is 98.5 cm³/mol. The molecule has 0 saturated carbocycles. The summed E-state index contributed by atoms with van der Waals surface area (Å²) in [5.74, 6) is 0.636. The summed E-state index contributed by atoms with van der Waals surface area (Å²) in [6.45, 7) is 3.51. The zero-order chi connectivity index (χ0) is 14.8. The Bertz CT molecular complexity index is 660. The van der Waals surface area contributed by atoms with Crippen LogP contribution in [0.1, 0.15) is 30.3 Å². The van der Waals surface area contributed by atoms with Gasteiger partial charge in [-0.1, -0.05) is 31.2 Å². The zero-order valence-corrected chi connectivity index (χ0v) is 14.8. The number of hydrogen-bond acceptors (Lipinski definition) is 3. The lowest BCUT2D eigenvalue weighted by Crippen LogP contribution is -2.49. The molecule has 1 aliphatic heterocycles. The minimum absolute atomic E-state index is 0. The Labute approximate surface area is 149 Å². The van der Waals surface area contributed by atoms with Crippen molar-refractivity contribution in [1.82, 2.24) is 9.88 Å². The van der Waals surface area contributed by atoms with Crippen LogP contribution in [0.3, 0.4) is 0 Å². The lowest BCUT2D eigenvalue weighted by Gasteiger charge is -2.37. The summed E-state index contributed by atoms with van der Waals surface area (Å²) in [6, 6.07) is 9.94. The molecular formula is C17H23Cl2N3O. The minimum atomic E-state index is 0. The lowest BCUT2D eigenvalue weighted by molar-refractivity contribution is 0.0570. The molecule has 1 saturated heterocycles. The van der Waals surface area contributed by atoms with E-state index in [1.165, 1.54) is 0 Å². The number of amides is 1. The van der Waals surface area contributed by atoms with E-state index in [-0.39, 0.29) is 36.8 Å². The fourth-order valence-electron chi connectivity index (χ4n) is 3.17. The summed E-state index contributed by atoms with van der Waals surface area (Å²) in [4.78, 5) is 19.1. The van der Waals surface area contributed by atoms with Crippen LogP contribution >= 0.6 is 24.8 Å². The van der Waals surface area contributed by atoms with Gasteiger partial charge in [-0.05, 0) is 30.2 Å². The Morgan fingerprint density at radius 3 is 2.78 bits per heavy atom. The summed E-state index contributed by atoms with van der Waals surface area (Å²) >= 11 is 0. The maximum Gasteiger partial charge on any atom is 0.273 e. The highest BCUT2D eigenvalue weighted by Crippen LogP contribution is 2.25. The molecule has 0 spiro atoms. The highest BCUT2D eigenvalue weighted by Gasteiger charge is 2.30. The van der Waals surface area contributed by atoms with Gasteiger partial charge in [0.25, 0.3) is 5.91 Å². The predicted octanol–water partition coefficient (Wildman–Crippen LogP) is 3.28. The van der Waals surface area contributed by atoms with Crippen LogP contribution in [-0.2, 0) is 0 Å². The first-order chi connectivity index (χ1) is 10.2. The van der Waals surface area contributed by atoms with Crippen LogP contribution in [0.5, 0.6) is 0 Å². The van der Waals surface area contributed by atoms with Crippen molar-refractivity contribution in [2.24, 2.45) is 11.7 Å². The Morgan fingerprint density at radius 1 is 1.30 bits per heavy atom. The number of carbonyl (C=O) groups is 1. The third kappa shape index (κ3) is 3.94. The fourth-order valence-corrected chi connectivity index (χ4v) is 3.17. The molecular weight excluding hydrogens is 333 g/mol. The molecule has 0 aliphatic carbocycles. The molecule has 23 heavy (non-hydrogen) atoms. The van der Waals surface area contributed by atoms with Gasteiger partial charge in [0.15, 0.2) is 0 Å². The highest BCUT2D eigenvalue weighted by atomic mass is 35.5. The monoisotopic (exact) mass is 355 g/mol. The van der Waals surface area contributed by atoms with Crippen LogP contribution in [0, 0.1) is 5.92 Å². The number of rotatable bonds is 2. The first kappa shape index (κ1) is 19.7. The molecule has 0 bridgehead atoms. The van der Waals surface area contributed by atoms with Crippen molar-refractivity contribution >= 4 is 41.5 Å². The van der Waals surface area contributed by atoms with Crippen LogP contribution in [-0.4, -0.2) is 34.9 Å². The van der Waals surface area contributed by atoms with Gasteiger partial charge >= 0.3 is 0 Å². The number of pyridine rings is 1. The molecule has 2 aromatic rings. The second-order valence-electron chi connectivity index (χ2n) is 5.90. The van der Waals surface area contributed by atoms with Crippen molar-refractivity contribution in [3.63, 3.8) is 0 Å². The number of halogens is 2. The molecule has 2 atom stereocenters. The van der Waals surface area contributed by atoms with Gasteiger partial charge in [0.1, 0.15) is 5.69 Å². The largest absolute Gasteiger partial charge is 0.333 e. The Kier molecular flexibility index (Phi) is 7.26. The Balaban J connectivity index is 0.00000132. The number of fused-ring (bicyclic) bond motifs is 1. The number of benzene rings is 1. The van der Waals surface area contributed by atoms with Gasteiger partial charge in [-0.2, -0.15) is 0 Å². The van der Waals surface area contributed by atoms with Crippen molar-refractivity contribution < 1.29 is 4.79 Å². The molecule has 126 valence electrons. The molecule has 4 nitrogen and oxygen atoms in total. The number of aromatic nitrogens is 1. The smallest absolute Gasteiger partial charge is 0.273 e. The topological polar surface area (TPSA) is 59.2 Å². The lowest BCUT2D eigenvalue weighted by atomic mass is 9.92. The van der Waals surface area contributed by atoms with Crippen molar-refractivity contribution in [1.29, 1.82) is 0 Å². The molecule has 1 aromatic carbocycles. The summed E-state index contributed by atoms with van der Waals surface area (Å²) < 4.78 is 0. The molecule has 6 heteroatoms. The quantitative estimate of drug-likeness (QED) is 0.898. The molecule has 0 radical (unpaired) electrons. The minimum Gasteiger partial charge on any atom is -0.333 e. The molecule has 2 heterocycles. The maximum absolute atomic E-state index is 12.9. The Morgan fingerprint density at radius 2 is 2.04 bits per heavy atom. The average Bonchev–Trinajstić information content (AvgIpc) is 2.53. The van der Waals surface area contributed by atoms with E-state index in [1.807, 2.05) is 35.2 Å². The molecule has 1 fully saturated rings. The van der Waals surface area contributed by atoms with Crippen LogP contribution < -0.4 is 5.73 Å². The summed E-state index contributed by atoms with van der Waals surface area (Å²) in [6.07, 6.45) is 3.72. The first-order valence-electron chi connectivity index (χ1n) is 7.55. The Hall–Kier alpha value is -1.36. The maximum atomic E-state index is 12.9. The number of nitrogens with zero attached hydrogens (tertiary/aromatic N) is 2. The van der Waals surface area contributed by atoms with E-state index < -0.39 is 0 Å². The first-order valence-corrected chi connectivity index (χ1v) is 7.55. The molecule has 2 unspecified atom stereocenters. The SMILES string of the molecule is CC1CCN(C(=O)c2nccc3ccccc23)C(CN)C1.Cl.Cl. The van der Waals surface area contributed by atoms with E-state index in [9.17, 15) is 4.79 Å². The van der Waals surface area contributed by atoms with Gasteiger partial charge < -0.3 is 10.6 Å². The second-order valence-corrected chi connectivity index (χ2v) is 5.90. The van der Waals surface area contributed by atoms with Crippen LogP contribution in [0.4, 0.5) is 0 Å². The number of nitrogens with two attached hydrogens (primary N) is 1. The van der Waals surface area contributed by atoms with E-state index in [2.05, 4.69) is 11.9 Å². The van der Waals surface area contributed by atoms with Crippen molar-refractivity contribution in [2.45, 2.75) is 25.8 Å². The van der Waals surface area contributed by atoms with Crippen molar-refractivity contribution in [3.05, 3.63) is 42.2 Å². The summed E-state index contributed by atoms with van der Waals surface area (Å²) in [5.41, 5.74) is 6.41. The fraction of sp³-hybridized carbons (Fsp3) is 0.412. The molecule has 1 aromatic heterocycles. The van der Waals surface area contributed by atoms with Crippen LogP contribution in [0.25, 0.3) is 10.8 Å². The molecule has 1 aliphatic rings. The summed E-state index contributed by atoms with van der Waals surface area (Å²) in [7, 11) is 0. The number of carbonyl (C=O) groups excluding carboxylic acids is 1. The zero-order valence-electron chi connectivity index (χ0n) is 13.1. The van der Waals surface area contributed by atoms with Gasteiger partial charge in [-0.15, -0.1) is 24.8 Å². The number of piperidine rings is 1. The van der Waals surface area contributed by atoms with E-state index in [0.29, 0.717) is 18.2 Å². The number of likely N-dealkylation sites (tertiary alicyclic amines) is 1. The van der Waals surface area contributed by atoms with Gasteiger partial charge in [-0.3, -0.25) is 9.78 Å². The normalized spacial score (nSPS) is 20.5. The average molecular weight is 356 g/mol. The van der Waals surface area contributed by atoms with Crippen molar-refractivity contribution in [2.75, 3.05) is 13.1 Å². The van der Waals surface area contributed by atoms with E-state index in [4.69, 9.17) is 5.73 Å². The van der Waals surface area contributed by atoms with Gasteiger partial charge in [-0.25, -0.2) is 0 Å². The molecule has 3 rings (SSSR count). The summed E-state index contributed by atoms with van der Waals surface area (Å²) in [5, 5.41) is 1.96.